The maximum Gasteiger partial charge on any atom is 0.471 e. The normalized spacial score (nSPS) is 24.5. The summed E-state index contributed by atoms with van der Waals surface area (Å²) in [4.78, 5) is 75.8. The van der Waals surface area contributed by atoms with Gasteiger partial charge in [0, 0.05) is 48.1 Å². The number of hydrogen-bond donors (Lipinski definition) is 4. The van der Waals surface area contributed by atoms with E-state index in [2.05, 4.69) is 0 Å². The number of aromatic hydroxyl groups is 2. The lowest BCUT2D eigenvalue weighted by Gasteiger charge is -2.43. The zero-order valence-electron chi connectivity index (χ0n) is 29.0. The Morgan fingerprint density at radius 3 is 2.27 bits per heavy atom. The number of fused-ring (bicyclic) bond motifs is 3. The Hall–Kier alpha value is -5.92. The molecular weight excluding hydrogens is 741 g/mol. The van der Waals surface area contributed by atoms with Crippen molar-refractivity contribution in [1.29, 1.82) is 0 Å². The van der Waals surface area contributed by atoms with Crippen LogP contribution < -0.4 is 10.1 Å². The minimum atomic E-state index is -5.39. The SMILES string of the molecule is COc1cccc2c1C(=O)c1c(O)c3c(c(O)c1C2=O)C[C@@](O)(C(C)=O)C[C@@H]3O[C@@H]1C[C@H](NC(=O)C(F)(F)F)[C@@H](OC(=O)c2ccc([N+](=O)[O-])cc2)[C@H](C)O1. The van der Waals surface area contributed by atoms with Crippen LogP contribution >= 0.6 is 0 Å². The lowest BCUT2D eigenvalue weighted by Crippen LogP contribution is -2.59. The molecule has 1 fully saturated rings. The summed E-state index contributed by atoms with van der Waals surface area (Å²) in [5.74, 6) is -7.87. The van der Waals surface area contributed by atoms with Crippen LogP contribution in [0.2, 0.25) is 0 Å². The van der Waals surface area contributed by atoms with Gasteiger partial charge in [-0.05, 0) is 32.0 Å². The molecule has 1 saturated heterocycles. The molecule has 6 atom stereocenters. The Labute approximate surface area is 307 Å². The Morgan fingerprint density at radius 1 is 1.02 bits per heavy atom. The molecule has 19 heteroatoms. The molecule has 0 spiro atoms. The first kappa shape index (κ1) is 38.8. The third kappa shape index (κ3) is 6.85. The Bertz CT molecular complexity index is 2150. The zero-order valence-corrected chi connectivity index (χ0v) is 29.0. The largest absolute Gasteiger partial charge is 0.507 e. The van der Waals surface area contributed by atoms with Crippen LogP contribution in [0.4, 0.5) is 18.9 Å². The van der Waals surface area contributed by atoms with Crippen molar-refractivity contribution in [2.24, 2.45) is 0 Å². The highest BCUT2D eigenvalue weighted by molar-refractivity contribution is 6.31. The summed E-state index contributed by atoms with van der Waals surface area (Å²) >= 11 is 0. The Balaban J connectivity index is 1.37. The van der Waals surface area contributed by atoms with Crippen LogP contribution in [0.15, 0.2) is 42.5 Å². The molecule has 4 N–H and O–H groups in total. The van der Waals surface area contributed by atoms with Crippen molar-refractivity contribution in [3.05, 3.63) is 91.5 Å². The van der Waals surface area contributed by atoms with Crippen molar-refractivity contribution in [2.75, 3.05) is 7.11 Å². The number of nitro benzene ring substituents is 1. The number of benzene rings is 3. The van der Waals surface area contributed by atoms with Crippen molar-refractivity contribution in [3.63, 3.8) is 0 Å². The molecule has 0 bridgehead atoms. The van der Waals surface area contributed by atoms with E-state index in [4.69, 9.17) is 18.9 Å². The number of aliphatic hydroxyl groups is 1. The minimum absolute atomic E-state index is 0.0164. The van der Waals surface area contributed by atoms with Crippen LogP contribution in [-0.4, -0.2) is 92.9 Å². The van der Waals surface area contributed by atoms with Crippen LogP contribution in [0.3, 0.4) is 0 Å². The summed E-state index contributed by atoms with van der Waals surface area (Å²) in [6, 6.07) is 6.56. The molecule has 290 valence electrons. The average molecular weight is 773 g/mol. The molecule has 1 amide bonds. The lowest BCUT2D eigenvalue weighted by atomic mass is 9.72. The van der Waals surface area contributed by atoms with Crippen molar-refractivity contribution in [3.8, 4) is 17.2 Å². The second kappa shape index (κ2) is 14.1. The molecule has 6 rings (SSSR count). The fraction of sp³-hybridized carbons (Fsp3) is 0.361. The number of nitrogens with one attached hydrogen (secondary N) is 1. The number of alkyl halides is 3. The number of esters is 1. The molecule has 16 nitrogen and oxygen atoms in total. The molecule has 2 aliphatic carbocycles. The number of Topliss-reactive ketones (excluding diaryl/α,β-unsaturated/α-hetero) is 1. The number of halogens is 3. The number of amides is 1. The fourth-order valence-electron chi connectivity index (χ4n) is 7.09. The van der Waals surface area contributed by atoms with E-state index >= 15 is 0 Å². The van der Waals surface area contributed by atoms with Gasteiger partial charge in [0.25, 0.3) is 5.69 Å². The standard InChI is InChI=1S/C36H31F3N2O14/c1-14-32(55-33(47)16-7-9-17(10-8-16)41(50)51)20(40-34(48)36(37,38)39)11-23(53-14)54-22-13-35(49,15(2)42)12-19-25(22)31(46)27-26(29(19)44)28(43)18-5-4-6-21(52-3)24(18)30(27)45/h4-10,14,20,22-23,32,44,46,49H,11-13H2,1-3H3,(H,40,48)/t14-,20-,22-,23+,32-,35-/m0/s1. The molecular formula is C36H31F3N2O14. The fourth-order valence-corrected chi connectivity index (χ4v) is 7.09. The number of carbonyl (C=O) groups is 5. The van der Waals surface area contributed by atoms with E-state index in [9.17, 15) is 62.6 Å². The topological polar surface area (TPSA) is 238 Å². The summed E-state index contributed by atoms with van der Waals surface area (Å²) in [5, 5.41) is 47.5. The van der Waals surface area contributed by atoms with Gasteiger partial charge in [-0.3, -0.25) is 29.3 Å². The van der Waals surface area contributed by atoms with Crippen LogP contribution in [0.5, 0.6) is 17.2 Å². The number of phenolic OH excluding ortho intramolecular Hbond substituents is 2. The van der Waals surface area contributed by atoms with Gasteiger partial charge in [-0.1, -0.05) is 12.1 Å². The van der Waals surface area contributed by atoms with E-state index in [0.29, 0.717) is 0 Å². The summed E-state index contributed by atoms with van der Waals surface area (Å²) < 4.78 is 63.0. The number of phenols is 2. The number of ketones is 3. The molecule has 3 aromatic rings. The summed E-state index contributed by atoms with van der Waals surface area (Å²) in [7, 11) is 1.25. The van der Waals surface area contributed by atoms with Gasteiger partial charge in [0.15, 0.2) is 17.9 Å². The molecule has 0 saturated carbocycles. The van der Waals surface area contributed by atoms with Gasteiger partial charge >= 0.3 is 18.1 Å². The maximum atomic E-state index is 13.9. The number of nitro groups is 1. The molecule has 55 heavy (non-hydrogen) atoms. The van der Waals surface area contributed by atoms with Gasteiger partial charge in [-0.25, -0.2) is 4.79 Å². The highest BCUT2D eigenvalue weighted by atomic mass is 19.4. The first-order valence-corrected chi connectivity index (χ1v) is 16.5. The van der Waals surface area contributed by atoms with Gasteiger partial charge in [-0.2, -0.15) is 13.2 Å². The third-order valence-corrected chi connectivity index (χ3v) is 9.85. The predicted octanol–water partition coefficient (Wildman–Crippen LogP) is 3.52. The van der Waals surface area contributed by atoms with Crippen molar-refractivity contribution < 1.29 is 76.3 Å². The van der Waals surface area contributed by atoms with E-state index < -0.39 is 118 Å². The number of nitrogens with zero attached hydrogens (tertiary/aromatic N) is 1. The molecule has 0 radical (unpaired) electrons. The van der Waals surface area contributed by atoms with Crippen LogP contribution in [0.25, 0.3) is 0 Å². The Kier molecular flexibility index (Phi) is 9.91. The van der Waals surface area contributed by atoms with Gasteiger partial charge in [-0.15, -0.1) is 0 Å². The van der Waals surface area contributed by atoms with Crippen molar-refractivity contribution >= 4 is 34.9 Å². The van der Waals surface area contributed by atoms with Gasteiger partial charge < -0.3 is 39.6 Å². The monoisotopic (exact) mass is 772 g/mol. The van der Waals surface area contributed by atoms with Gasteiger partial charge in [0.05, 0.1) is 52.5 Å². The first-order valence-electron chi connectivity index (χ1n) is 16.5. The smallest absolute Gasteiger partial charge is 0.471 e. The molecule has 3 aromatic carbocycles. The predicted molar refractivity (Wildman–Crippen MR) is 177 cm³/mol. The number of rotatable bonds is 8. The maximum absolute atomic E-state index is 13.9. The highest BCUT2D eigenvalue weighted by Crippen LogP contribution is 2.52. The number of ether oxygens (including phenoxy) is 4. The van der Waals surface area contributed by atoms with Crippen LogP contribution in [-0.2, 0) is 30.2 Å². The summed E-state index contributed by atoms with van der Waals surface area (Å²) in [6.45, 7) is 2.30. The highest BCUT2D eigenvalue weighted by Gasteiger charge is 2.51. The minimum Gasteiger partial charge on any atom is -0.507 e. The van der Waals surface area contributed by atoms with E-state index in [-0.39, 0.29) is 39.3 Å². The van der Waals surface area contributed by atoms with Gasteiger partial charge in [0.2, 0.25) is 5.78 Å². The van der Waals surface area contributed by atoms with E-state index in [0.717, 1.165) is 31.2 Å². The quantitative estimate of drug-likeness (QED) is 0.0868. The lowest BCUT2D eigenvalue weighted by molar-refractivity contribution is -0.384. The number of hydrogen-bond acceptors (Lipinski definition) is 14. The number of non-ortho nitro benzene ring substituents is 1. The number of carbonyl (C=O) groups excluding carboxylic acids is 5. The van der Waals surface area contributed by atoms with Crippen LogP contribution in [0, 0.1) is 10.1 Å². The van der Waals surface area contributed by atoms with E-state index in [1.807, 2.05) is 0 Å². The zero-order chi connectivity index (χ0) is 40.3. The second-order valence-corrected chi connectivity index (χ2v) is 13.2. The first-order chi connectivity index (χ1) is 25.8. The summed E-state index contributed by atoms with van der Waals surface area (Å²) in [5.41, 5.74) is -5.15. The third-order valence-electron chi connectivity index (χ3n) is 9.85. The van der Waals surface area contributed by atoms with Crippen molar-refractivity contribution in [2.45, 2.75) is 75.5 Å². The number of methoxy groups -OCH3 is 1. The van der Waals surface area contributed by atoms with E-state index in [1.54, 1.807) is 5.32 Å². The van der Waals surface area contributed by atoms with Crippen LogP contribution in [0.1, 0.15) is 86.1 Å². The van der Waals surface area contributed by atoms with Crippen molar-refractivity contribution in [1.82, 2.24) is 5.32 Å². The Morgan fingerprint density at radius 2 is 1.67 bits per heavy atom. The summed E-state index contributed by atoms with van der Waals surface area (Å²) in [6.07, 6.45) is -13.6. The molecule has 0 aromatic heterocycles. The molecule has 1 heterocycles. The van der Waals surface area contributed by atoms with Gasteiger partial charge in [0.1, 0.15) is 29.0 Å². The molecule has 0 unspecified atom stereocenters. The molecule has 3 aliphatic rings. The second-order valence-electron chi connectivity index (χ2n) is 13.2. The molecule has 1 aliphatic heterocycles. The van der Waals surface area contributed by atoms with E-state index in [1.165, 1.54) is 32.2 Å². The average Bonchev–Trinajstić information content (AvgIpc) is 3.12.